The van der Waals surface area contributed by atoms with Crippen LogP contribution in [0.3, 0.4) is 0 Å². The Labute approximate surface area is 311 Å². The lowest BCUT2D eigenvalue weighted by Crippen LogP contribution is -2.83. The molecule has 3 fully saturated rings. The summed E-state index contributed by atoms with van der Waals surface area (Å²) in [4.78, 5) is 112. The van der Waals surface area contributed by atoms with Gasteiger partial charge in [-0.2, -0.15) is 0 Å². The largest absolute Gasteiger partial charge is 0.465 e. The maximum absolute atomic E-state index is 15.1. The molecule has 1 aromatic heterocycles. The number of esters is 7. The molecule has 54 heavy (non-hydrogen) atoms. The van der Waals surface area contributed by atoms with Crippen molar-refractivity contribution in [2.75, 3.05) is 13.2 Å². The molecule has 17 heteroatoms. The second kappa shape index (κ2) is 14.7. The van der Waals surface area contributed by atoms with Gasteiger partial charge in [-0.1, -0.05) is 26.8 Å². The monoisotopic (exact) mass is 759 g/mol. The fraction of sp³-hybridized carbons (Fsp3) is 0.649. The molecule has 2 saturated carbocycles. The molecule has 12 atom stereocenters. The summed E-state index contributed by atoms with van der Waals surface area (Å²) in [5.74, 6) is -11.6. The van der Waals surface area contributed by atoms with E-state index in [9.17, 15) is 33.6 Å². The van der Waals surface area contributed by atoms with Gasteiger partial charge in [0.25, 0.3) is 0 Å². The van der Waals surface area contributed by atoms with E-state index in [4.69, 9.17) is 37.9 Å². The number of hydrogen-bond donors (Lipinski definition) is 0. The first-order valence-electron chi connectivity index (χ1n) is 17.6. The van der Waals surface area contributed by atoms with Gasteiger partial charge in [0.1, 0.15) is 42.0 Å². The van der Waals surface area contributed by atoms with E-state index in [2.05, 4.69) is 4.98 Å². The first-order valence-corrected chi connectivity index (χ1v) is 17.6. The molecule has 0 amide bonds. The van der Waals surface area contributed by atoms with Crippen molar-refractivity contribution in [1.82, 2.24) is 4.98 Å². The van der Waals surface area contributed by atoms with Crippen molar-refractivity contribution in [3.63, 3.8) is 0 Å². The predicted molar refractivity (Wildman–Crippen MR) is 178 cm³/mol. The molecule has 0 radical (unpaired) electrons. The Balaban J connectivity index is 1.91. The number of pyridine rings is 1. The average Bonchev–Trinajstić information content (AvgIpc) is 3.29. The maximum Gasteiger partial charge on any atom is 0.357 e. The fourth-order valence-electron chi connectivity index (χ4n) is 8.83. The quantitative estimate of drug-likeness (QED) is 0.297. The number of ether oxygens (including phenoxy) is 8. The fourth-order valence-corrected chi connectivity index (χ4v) is 8.83. The second-order valence-electron chi connectivity index (χ2n) is 14.8. The molecular weight excluding hydrogens is 714 g/mol. The molecule has 1 saturated heterocycles. The van der Waals surface area contributed by atoms with Crippen LogP contribution in [0.4, 0.5) is 0 Å². The number of fused-ring (bicyclic) bond motifs is 5. The minimum absolute atomic E-state index is 0.0654. The highest BCUT2D eigenvalue weighted by Gasteiger charge is 2.88. The van der Waals surface area contributed by atoms with Crippen molar-refractivity contribution in [2.45, 2.75) is 110 Å². The minimum Gasteiger partial charge on any atom is -0.465 e. The van der Waals surface area contributed by atoms with Gasteiger partial charge in [0.05, 0.1) is 11.8 Å². The van der Waals surface area contributed by atoms with Crippen molar-refractivity contribution in [3.05, 3.63) is 29.6 Å². The number of nitrogens with zero attached hydrogens (tertiary/aromatic N) is 1. The summed E-state index contributed by atoms with van der Waals surface area (Å²) in [5, 5.41) is 0. The van der Waals surface area contributed by atoms with E-state index in [1.165, 1.54) is 20.0 Å². The number of Topliss-reactive ketones (excluding diaryl/α,β-unsaturated/α-hetero) is 1. The Morgan fingerprint density at radius 2 is 1.46 bits per heavy atom. The van der Waals surface area contributed by atoms with Crippen LogP contribution in [0, 0.1) is 29.1 Å². The van der Waals surface area contributed by atoms with Gasteiger partial charge in [-0.05, 0) is 30.9 Å². The molecule has 0 aromatic carbocycles. The highest BCUT2D eigenvalue weighted by Crippen LogP contribution is 2.67. The standard InChI is InChI=1S/C37H45NO16/c1-16-13-24-11-10-12-38-26(24)34(46)48-14-35(9)25-27(44)31(51-22(7)42)36(15-47-19(4)39)32(52-23(8)43)29(49-20(5)40)28(53-33(45)17(16)2)18(3)37(36,54-35)30(25)50-21(6)41/h10-12,16-18,25,28-32H,13-15H2,1-9H3/t16-,17-,18+,25+,28-,29+,30+,31+,32-,35-,36+,37+/m0/s1. The van der Waals surface area contributed by atoms with E-state index < -0.39 is 132 Å². The van der Waals surface area contributed by atoms with E-state index in [1.54, 1.807) is 26.0 Å². The zero-order chi connectivity index (χ0) is 40.1. The third-order valence-corrected chi connectivity index (χ3v) is 11.1. The van der Waals surface area contributed by atoms with E-state index >= 15 is 4.79 Å². The summed E-state index contributed by atoms with van der Waals surface area (Å²) < 4.78 is 48.1. The Morgan fingerprint density at radius 3 is 2.06 bits per heavy atom. The van der Waals surface area contributed by atoms with Gasteiger partial charge in [-0.15, -0.1) is 0 Å². The van der Waals surface area contributed by atoms with Crippen LogP contribution in [0.5, 0.6) is 0 Å². The van der Waals surface area contributed by atoms with Gasteiger partial charge in [0, 0.05) is 46.7 Å². The molecule has 4 aliphatic rings. The Bertz CT molecular complexity index is 1760. The van der Waals surface area contributed by atoms with E-state index in [1.807, 2.05) is 0 Å². The summed E-state index contributed by atoms with van der Waals surface area (Å²) >= 11 is 0. The molecule has 1 aromatic rings. The average molecular weight is 760 g/mol. The topological polar surface area (TPSA) is 223 Å². The molecule has 1 spiro atoms. The summed E-state index contributed by atoms with van der Waals surface area (Å²) in [6.45, 7) is 9.88. The number of hydrogen-bond acceptors (Lipinski definition) is 17. The SMILES string of the molecule is CC(=O)OC[C@]12[C@H](OC(C)=O)C(=O)[C@@H]3[C@@H](OC(C)=O)[C@@]14O[C@@]3(C)COC(=O)c1ncccc1C[C@H](C)[C@H](C)C(=O)O[C@H]([C@@H](OC(C)=O)[C@@H]2OC(C)=O)[C@H]4C. The van der Waals surface area contributed by atoms with Crippen molar-refractivity contribution >= 4 is 47.6 Å². The number of aromatic nitrogens is 1. The van der Waals surface area contributed by atoms with Gasteiger partial charge in [-0.25, -0.2) is 9.78 Å². The van der Waals surface area contributed by atoms with Crippen molar-refractivity contribution in [3.8, 4) is 0 Å². The molecule has 4 bridgehead atoms. The minimum atomic E-state index is -2.38. The first-order chi connectivity index (χ1) is 25.2. The van der Waals surface area contributed by atoms with Gasteiger partial charge in [0.15, 0.2) is 29.8 Å². The summed E-state index contributed by atoms with van der Waals surface area (Å²) in [6, 6.07) is 3.27. The summed E-state index contributed by atoms with van der Waals surface area (Å²) in [6.07, 6.45) is -7.38. The molecule has 0 N–H and O–H groups in total. The van der Waals surface area contributed by atoms with Crippen LogP contribution in [0.1, 0.15) is 78.4 Å². The smallest absolute Gasteiger partial charge is 0.357 e. The normalized spacial score (nSPS) is 37.3. The molecule has 294 valence electrons. The molecule has 2 aliphatic heterocycles. The van der Waals surface area contributed by atoms with E-state index in [0.717, 1.165) is 34.6 Å². The summed E-state index contributed by atoms with van der Waals surface area (Å²) in [5.41, 5.74) is -6.17. The molecule has 0 unspecified atom stereocenters. The maximum atomic E-state index is 15.1. The Morgan fingerprint density at radius 1 is 0.852 bits per heavy atom. The van der Waals surface area contributed by atoms with Crippen LogP contribution >= 0.6 is 0 Å². The Hall–Kier alpha value is -4.93. The molecule has 5 rings (SSSR count). The lowest BCUT2D eigenvalue weighted by molar-refractivity contribution is -0.336. The van der Waals surface area contributed by atoms with Crippen LogP contribution in [-0.2, 0) is 77.9 Å². The number of carbonyl (C=O) groups excluding carboxylic acids is 8. The lowest BCUT2D eigenvalue weighted by atomic mass is 9.46. The van der Waals surface area contributed by atoms with Crippen molar-refractivity contribution in [2.24, 2.45) is 29.1 Å². The van der Waals surface area contributed by atoms with Gasteiger partial charge in [-0.3, -0.25) is 33.6 Å². The third kappa shape index (κ3) is 6.60. The second-order valence-corrected chi connectivity index (χ2v) is 14.8. The van der Waals surface area contributed by atoms with E-state index in [0.29, 0.717) is 5.56 Å². The van der Waals surface area contributed by atoms with Crippen LogP contribution in [0.25, 0.3) is 0 Å². The number of rotatable bonds is 6. The summed E-state index contributed by atoms with van der Waals surface area (Å²) in [7, 11) is 0. The van der Waals surface area contributed by atoms with Crippen LogP contribution in [0.2, 0.25) is 0 Å². The molecule has 3 heterocycles. The van der Waals surface area contributed by atoms with Crippen LogP contribution in [0.15, 0.2) is 18.3 Å². The highest BCUT2D eigenvalue weighted by atomic mass is 16.7. The first kappa shape index (κ1) is 40.3. The molecule has 2 aliphatic carbocycles. The number of ketones is 1. The zero-order valence-corrected chi connectivity index (χ0v) is 31.5. The third-order valence-electron chi connectivity index (χ3n) is 11.1. The van der Waals surface area contributed by atoms with Gasteiger partial charge < -0.3 is 37.9 Å². The molecular formula is C37H45NO16. The van der Waals surface area contributed by atoms with Crippen LogP contribution < -0.4 is 0 Å². The van der Waals surface area contributed by atoms with Crippen molar-refractivity contribution < 1.29 is 76.3 Å². The van der Waals surface area contributed by atoms with Crippen molar-refractivity contribution in [1.29, 1.82) is 0 Å². The van der Waals surface area contributed by atoms with Gasteiger partial charge >= 0.3 is 41.8 Å². The van der Waals surface area contributed by atoms with Gasteiger partial charge in [0.2, 0.25) is 0 Å². The molecule has 17 nitrogen and oxygen atoms in total. The predicted octanol–water partition coefficient (Wildman–Crippen LogP) is 1.63. The Kier molecular flexibility index (Phi) is 11.0. The highest BCUT2D eigenvalue weighted by molar-refractivity contribution is 5.93. The number of cyclic esters (lactones) is 1. The van der Waals surface area contributed by atoms with E-state index in [-0.39, 0.29) is 12.1 Å². The lowest BCUT2D eigenvalue weighted by Gasteiger charge is -2.64. The van der Waals surface area contributed by atoms with Crippen LogP contribution in [-0.4, -0.2) is 107 Å². The number of carbonyl (C=O) groups is 8. The zero-order valence-electron chi connectivity index (χ0n) is 31.5.